The molecule has 1 fully saturated rings. The Hall–Kier alpha value is -1.39. The van der Waals surface area contributed by atoms with E-state index in [1.165, 1.54) is 6.42 Å². The summed E-state index contributed by atoms with van der Waals surface area (Å²) in [5.74, 6) is 0.480. The highest BCUT2D eigenvalue weighted by Gasteiger charge is 2.48. The summed E-state index contributed by atoms with van der Waals surface area (Å²) in [5, 5.41) is 4.39. The molecule has 1 aromatic carbocycles. The third-order valence-corrected chi connectivity index (χ3v) is 5.58. The molecule has 0 bridgehead atoms. The maximum Gasteiger partial charge on any atom is 0.125 e. The van der Waals surface area contributed by atoms with Crippen molar-refractivity contribution in [2.75, 3.05) is 20.7 Å². The van der Waals surface area contributed by atoms with Crippen LogP contribution in [0.1, 0.15) is 37.4 Å². The van der Waals surface area contributed by atoms with Crippen LogP contribution in [0.25, 0.3) is 10.9 Å². The molecule has 0 amide bonds. The van der Waals surface area contributed by atoms with Crippen LogP contribution in [0.4, 0.5) is 4.39 Å². The van der Waals surface area contributed by atoms with E-state index in [9.17, 15) is 4.39 Å². The third-order valence-electron chi connectivity index (χ3n) is 5.58. The van der Waals surface area contributed by atoms with Crippen molar-refractivity contribution in [2.45, 2.75) is 38.7 Å². The van der Waals surface area contributed by atoms with Gasteiger partial charge in [-0.2, -0.15) is 0 Å². The summed E-state index contributed by atoms with van der Waals surface area (Å²) < 4.78 is 20.5. The molecule has 0 radical (unpaired) electrons. The largest absolute Gasteiger partial charge is 0.373 e. The van der Waals surface area contributed by atoms with Crippen molar-refractivity contribution in [3.63, 3.8) is 0 Å². The highest BCUT2D eigenvalue weighted by molar-refractivity contribution is 5.85. The summed E-state index contributed by atoms with van der Waals surface area (Å²) >= 11 is 0. The zero-order valence-corrected chi connectivity index (χ0v) is 14.5. The molecule has 2 N–H and O–H groups in total. The van der Waals surface area contributed by atoms with Gasteiger partial charge in [0.25, 0.3) is 0 Å². The number of hydrogen-bond donors (Lipinski definition) is 2. The number of aryl methyl sites for hydroxylation is 1. The minimum Gasteiger partial charge on any atom is -0.373 e. The Bertz CT molecular complexity index is 694. The Morgan fingerprint density at radius 1 is 1.35 bits per heavy atom. The fraction of sp³-hybridized carbons (Fsp3) is 0.579. The predicted octanol–water partition coefficient (Wildman–Crippen LogP) is 4.11. The van der Waals surface area contributed by atoms with Crippen molar-refractivity contribution in [2.24, 2.45) is 11.8 Å². The molecule has 1 aliphatic rings. The van der Waals surface area contributed by atoms with Crippen molar-refractivity contribution in [3.8, 4) is 0 Å². The minimum absolute atomic E-state index is 0.202. The van der Waals surface area contributed by atoms with E-state index in [4.69, 9.17) is 4.74 Å². The zero-order chi connectivity index (χ0) is 16.6. The summed E-state index contributed by atoms with van der Waals surface area (Å²) in [6.45, 7) is 5.12. The Kier molecular flexibility index (Phi) is 4.47. The molecule has 3 unspecified atom stereocenters. The van der Waals surface area contributed by atoms with Crippen LogP contribution in [-0.2, 0) is 10.3 Å². The van der Waals surface area contributed by atoms with Gasteiger partial charge in [-0.3, -0.25) is 0 Å². The highest BCUT2D eigenvalue weighted by Crippen LogP contribution is 2.50. The molecule has 126 valence electrons. The summed E-state index contributed by atoms with van der Waals surface area (Å²) in [6.07, 6.45) is 3.40. The molecule has 0 saturated heterocycles. The Balaban J connectivity index is 2.25. The first kappa shape index (κ1) is 16.5. The van der Waals surface area contributed by atoms with Gasteiger partial charge in [-0.25, -0.2) is 4.39 Å². The van der Waals surface area contributed by atoms with Crippen LogP contribution in [0.3, 0.4) is 0 Å². The normalized spacial score (nSPS) is 28.4. The lowest BCUT2D eigenvalue weighted by Crippen LogP contribution is -2.49. The first-order valence-electron chi connectivity index (χ1n) is 8.52. The van der Waals surface area contributed by atoms with Crippen LogP contribution in [0.5, 0.6) is 0 Å². The van der Waals surface area contributed by atoms with E-state index in [1.807, 2.05) is 14.0 Å². The average Bonchev–Trinajstić information content (AvgIpc) is 2.88. The quantitative estimate of drug-likeness (QED) is 0.890. The molecule has 1 heterocycles. The van der Waals surface area contributed by atoms with Crippen molar-refractivity contribution in [1.29, 1.82) is 0 Å². The lowest BCUT2D eigenvalue weighted by Gasteiger charge is -2.48. The van der Waals surface area contributed by atoms with E-state index >= 15 is 0 Å². The van der Waals surface area contributed by atoms with Gasteiger partial charge in [-0.05, 0) is 56.5 Å². The smallest absolute Gasteiger partial charge is 0.125 e. The van der Waals surface area contributed by atoms with E-state index < -0.39 is 5.60 Å². The predicted molar refractivity (Wildman–Crippen MR) is 92.1 cm³/mol. The van der Waals surface area contributed by atoms with E-state index in [0.29, 0.717) is 11.8 Å². The van der Waals surface area contributed by atoms with Gasteiger partial charge in [-0.15, -0.1) is 0 Å². The standard InChI is InChI=1S/C19H27FN2O/c1-12-6-5-7-14(11-21-3)19(12,23-4)17-9-15(20)10-18-16(17)8-13(2)22-18/h8-10,12,14,21-22H,5-7,11H2,1-4H3. The molecule has 0 spiro atoms. The highest BCUT2D eigenvalue weighted by atomic mass is 19.1. The zero-order valence-electron chi connectivity index (χ0n) is 14.5. The Morgan fingerprint density at radius 2 is 2.13 bits per heavy atom. The number of nitrogens with one attached hydrogen (secondary N) is 2. The van der Waals surface area contributed by atoms with Crippen LogP contribution in [0.15, 0.2) is 18.2 Å². The molecular formula is C19H27FN2O. The van der Waals surface area contributed by atoms with Gasteiger partial charge >= 0.3 is 0 Å². The molecular weight excluding hydrogens is 291 g/mol. The maximum atomic E-state index is 14.3. The van der Waals surface area contributed by atoms with Crippen molar-refractivity contribution >= 4 is 10.9 Å². The van der Waals surface area contributed by atoms with Crippen LogP contribution >= 0.6 is 0 Å². The second-order valence-electron chi connectivity index (χ2n) is 6.95. The number of ether oxygens (including phenoxy) is 1. The monoisotopic (exact) mass is 318 g/mol. The number of halogens is 1. The minimum atomic E-state index is -0.448. The fourth-order valence-corrected chi connectivity index (χ4v) is 4.63. The fourth-order valence-electron chi connectivity index (χ4n) is 4.63. The molecule has 1 aromatic heterocycles. The van der Waals surface area contributed by atoms with Gasteiger partial charge < -0.3 is 15.0 Å². The van der Waals surface area contributed by atoms with Gasteiger partial charge in [-0.1, -0.05) is 13.3 Å². The molecule has 3 rings (SSSR count). The van der Waals surface area contributed by atoms with Gasteiger partial charge in [0, 0.05) is 36.2 Å². The van der Waals surface area contributed by atoms with Gasteiger partial charge in [0.1, 0.15) is 5.82 Å². The second kappa shape index (κ2) is 6.25. The van der Waals surface area contributed by atoms with Crippen LogP contribution in [0.2, 0.25) is 0 Å². The summed E-state index contributed by atoms with van der Waals surface area (Å²) in [7, 11) is 3.75. The number of fused-ring (bicyclic) bond motifs is 1. The maximum absolute atomic E-state index is 14.3. The van der Waals surface area contributed by atoms with Gasteiger partial charge in [0.2, 0.25) is 0 Å². The summed E-state index contributed by atoms with van der Waals surface area (Å²) in [6, 6.07) is 5.38. The van der Waals surface area contributed by atoms with Crippen molar-refractivity contribution in [3.05, 3.63) is 35.3 Å². The van der Waals surface area contributed by atoms with E-state index in [0.717, 1.165) is 41.5 Å². The molecule has 1 saturated carbocycles. The Labute approximate surface area is 137 Å². The number of rotatable bonds is 4. The van der Waals surface area contributed by atoms with E-state index in [2.05, 4.69) is 23.3 Å². The Morgan fingerprint density at radius 3 is 2.83 bits per heavy atom. The number of benzene rings is 1. The van der Waals surface area contributed by atoms with E-state index in [1.54, 1.807) is 19.2 Å². The first-order valence-corrected chi connectivity index (χ1v) is 8.52. The van der Waals surface area contributed by atoms with E-state index in [-0.39, 0.29) is 5.82 Å². The summed E-state index contributed by atoms with van der Waals surface area (Å²) in [5.41, 5.74) is 2.45. The molecule has 3 nitrogen and oxygen atoms in total. The first-order chi connectivity index (χ1) is 11.0. The lowest BCUT2D eigenvalue weighted by molar-refractivity contribution is -0.124. The van der Waals surface area contributed by atoms with Gasteiger partial charge in [0.05, 0.1) is 5.60 Å². The molecule has 3 atom stereocenters. The number of aromatic amines is 1. The number of aromatic nitrogens is 1. The van der Waals surface area contributed by atoms with Gasteiger partial charge in [0.15, 0.2) is 0 Å². The molecule has 1 aliphatic carbocycles. The molecule has 23 heavy (non-hydrogen) atoms. The second-order valence-corrected chi connectivity index (χ2v) is 6.95. The molecule has 0 aliphatic heterocycles. The number of H-pyrrole nitrogens is 1. The number of methoxy groups -OCH3 is 1. The van der Waals surface area contributed by atoms with Crippen molar-refractivity contribution < 1.29 is 9.13 Å². The lowest BCUT2D eigenvalue weighted by atomic mass is 9.65. The van der Waals surface area contributed by atoms with Crippen molar-refractivity contribution in [1.82, 2.24) is 10.3 Å². The van der Waals surface area contributed by atoms with Crippen LogP contribution in [0, 0.1) is 24.6 Å². The number of hydrogen-bond acceptors (Lipinski definition) is 2. The van der Waals surface area contributed by atoms with Crippen LogP contribution in [-0.4, -0.2) is 25.7 Å². The third kappa shape index (κ3) is 2.58. The average molecular weight is 318 g/mol. The van der Waals surface area contributed by atoms with Crippen LogP contribution < -0.4 is 5.32 Å². The molecule has 2 aromatic rings. The molecule has 4 heteroatoms. The summed E-state index contributed by atoms with van der Waals surface area (Å²) in [4.78, 5) is 3.27. The SMILES string of the molecule is CNCC1CCCC(C)C1(OC)c1cc(F)cc2[nH]c(C)cc12. The topological polar surface area (TPSA) is 37.0 Å².